The molecule has 0 unspecified atom stereocenters. The molecule has 4 nitrogen and oxygen atoms in total. The highest BCUT2D eigenvalue weighted by Gasteiger charge is 2.39. The average molecular weight is 374 g/mol. The van der Waals surface area contributed by atoms with E-state index in [1.807, 2.05) is 13.8 Å². The molecule has 0 N–H and O–H groups in total. The van der Waals surface area contributed by atoms with Crippen molar-refractivity contribution in [3.63, 3.8) is 0 Å². The van der Waals surface area contributed by atoms with Crippen LogP contribution in [-0.4, -0.2) is 40.7 Å². The number of carbonyl (C=O) groups is 2. The van der Waals surface area contributed by atoms with Gasteiger partial charge in [0.2, 0.25) is 11.8 Å². The van der Waals surface area contributed by atoms with Crippen LogP contribution < -0.4 is 0 Å². The Morgan fingerprint density at radius 3 is 2.38 bits per heavy atom. The van der Waals surface area contributed by atoms with Crippen molar-refractivity contribution in [1.82, 2.24) is 9.80 Å². The van der Waals surface area contributed by atoms with E-state index in [1.165, 1.54) is 9.80 Å². The quantitative estimate of drug-likeness (QED) is 0.741. The molecule has 2 rings (SSSR count). The molecule has 0 saturated carbocycles. The molecule has 2 amide bonds. The smallest absolute Gasteiger partial charge is 0.332 e. The minimum atomic E-state index is -4.78. The maximum Gasteiger partial charge on any atom is 0.419 e. The third kappa shape index (κ3) is 4.34. The summed E-state index contributed by atoms with van der Waals surface area (Å²) in [5.41, 5.74) is -1.13. The number of rotatable bonds is 5. The first-order valence-corrected chi connectivity index (χ1v) is 8.48. The molecule has 0 radical (unpaired) electrons. The highest BCUT2D eigenvalue weighted by Crippen LogP contribution is 2.32. The van der Waals surface area contributed by atoms with Crippen LogP contribution in [0.25, 0.3) is 0 Å². The van der Waals surface area contributed by atoms with Gasteiger partial charge in [-0.1, -0.05) is 19.9 Å². The van der Waals surface area contributed by atoms with Crippen LogP contribution in [0.3, 0.4) is 0 Å². The number of nitrogens with zero attached hydrogens (tertiary/aromatic N) is 2. The zero-order valence-corrected chi connectivity index (χ0v) is 14.9. The van der Waals surface area contributed by atoms with Gasteiger partial charge in [0, 0.05) is 13.1 Å². The predicted octanol–water partition coefficient (Wildman–Crippen LogP) is 3.45. The first kappa shape index (κ1) is 20.2. The fraction of sp³-hybridized carbons (Fsp3) is 0.556. The van der Waals surface area contributed by atoms with Gasteiger partial charge in [-0.2, -0.15) is 13.2 Å². The normalized spacial score (nSPS) is 18.8. The van der Waals surface area contributed by atoms with Crippen LogP contribution in [0.1, 0.15) is 38.3 Å². The number of hydrogen-bond donors (Lipinski definition) is 0. The summed E-state index contributed by atoms with van der Waals surface area (Å²) < 4.78 is 51.9. The van der Waals surface area contributed by atoms with Crippen molar-refractivity contribution in [2.75, 3.05) is 13.1 Å². The molecule has 1 heterocycles. The van der Waals surface area contributed by atoms with Crippen molar-refractivity contribution in [2.45, 2.75) is 46.0 Å². The van der Waals surface area contributed by atoms with Gasteiger partial charge in [-0.3, -0.25) is 9.59 Å². The molecule has 26 heavy (non-hydrogen) atoms. The molecular formula is C18H22F4N2O2. The number of carbonyl (C=O) groups excluding carboxylic acids is 2. The minimum absolute atomic E-state index is 0.0763. The molecule has 1 aliphatic heterocycles. The van der Waals surface area contributed by atoms with Gasteiger partial charge in [0.1, 0.15) is 11.9 Å². The van der Waals surface area contributed by atoms with Crippen molar-refractivity contribution in [3.8, 4) is 0 Å². The fourth-order valence-corrected chi connectivity index (χ4v) is 3.07. The summed E-state index contributed by atoms with van der Waals surface area (Å²) >= 11 is 0. The zero-order chi connectivity index (χ0) is 19.6. The van der Waals surface area contributed by atoms with E-state index >= 15 is 0 Å². The van der Waals surface area contributed by atoms with Crippen LogP contribution in [0.2, 0.25) is 0 Å². The minimum Gasteiger partial charge on any atom is -0.332 e. The topological polar surface area (TPSA) is 40.6 Å². The number of halogens is 4. The Balaban J connectivity index is 2.29. The molecule has 1 aliphatic rings. The van der Waals surface area contributed by atoms with E-state index in [4.69, 9.17) is 0 Å². The SMILES string of the molecule is CCN1CC(=O)N(Cc2ccc(C(F)(F)F)c(F)c2)[C@@H](CC(C)C)C1=O. The largest absolute Gasteiger partial charge is 0.419 e. The molecule has 144 valence electrons. The maximum atomic E-state index is 13.8. The first-order valence-electron chi connectivity index (χ1n) is 8.48. The van der Waals surface area contributed by atoms with Gasteiger partial charge in [0.15, 0.2) is 0 Å². The lowest BCUT2D eigenvalue weighted by Gasteiger charge is -2.40. The number of likely N-dealkylation sites (N-methyl/N-ethyl adjacent to an activating group) is 1. The zero-order valence-electron chi connectivity index (χ0n) is 14.9. The Labute approximate surface area is 149 Å². The van der Waals surface area contributed by atoms with Crippen LogP contribution in [0.4, 0.5) is 17.6 Å². The summed E-state index contributed by atoms with van der Waals surface area (Å²) in [5, 5.41) is 0. The van der Waals surface area contributed by atoms with E-state index in [2.05, 4.69) is 0 Å². The van der Waals surface area contributed by atoms with Gasteiger partial charge >= 0.3 is 6.18 Å². The lowest BCUT2D eigenvalue weighted by atomic mass is 9.98. The molecule has 1 fully saturated rings. The third-order valence-electron chi connectivity index (χ3n) is 4.39. The second kappa shape index (κ2) is 7.63. The molecule has 1 aromatic rings. The molecule has 0 aliphatic carbocycles. The maximum absolute atomic E-state index is 13.8. The fourth-order valence-electron chi connectivity index (χ4n) is 3.07. The van der Waals surface area contributed by atoms with E-state index in [-0.39, 0.29) is 36.4 Å². The summed E-state index contributed by atoms with van der Waals surface area (Å²) in [7, 11) is 0. The molecule has 0 bridgehead atoms. The van der Waals surface area contributed by atoms with Crippen molar-refractivity contribution in [1.29, 1.82) is 0 Å². The van der Waals surface area contributed by atoms with Gasteiger partial charge in [0.25, 0.3) is 0 Å². The molecule has 1 aromatic carbocycles. The summed E-state index contributed by atoms with van der Waals surface area (Å²) in [6.45, 7) is 5.83. The number of amides is 2. The molecule has 0 aromatic heterocycles. The number of hydrogen-bond acceptors (Lipinski definition) is 2. The molecule has 8 heteroatoms. The average Bonchev–Trinajstić information content (AvgIpc) is 2.52. The van der Waals surface area contributed by atoms with Gasteiger partial charge in [0.05, 0.1) is 12.1 Å². The van der Waals surface area contributed by atoms with Gasteiger partial charge in [-0.25, -0.2) is 4.39 Å². The second-order valence-electron chi connectivity index (χ2n) is 6.83. The summed E-state index contributed by atoms with van der Waals surface area (Å²) in [6.07, 6.45) is -4.34. The van der Waals surface area contributed by atoms with E-state index in [9.17, 15) is 27.2 Å². The Kier molecular flexibility index (Phi) is 5.93. The summed E-state index contributed by atoms with van der Waals surface area (Å²) in [4.78, 5) is 27.9. The Hall–Kier alpha value is -2.12. The van der Waals surface area contributed by atoms with Crippen LogP contribution >= 0.6 is 0 Å². The highest BCUT2D eigenvalue weighted by molar-refractivity contribution is 5.94. The number of piperazine rings is 1. The lowest BCUT2D eigenvalue weighted by Crippen LogP contribution is -2.59. The van der Waals surface area contributed by atoms with Crippen LogP contribution in [0.5, 0.6) is 0 Å². The molecule has 1 atom stereocenters. The van der Waals surface area contributed by atoms with Crippen molar-refractivity contribution in [3.05, 3.63) is 35.1 Å². The van der Waals surface area contributed by atoms with Gasteiger partial charge in [-0.15, -0.1) is 0 Å². The van der Waals surface area contributed by atoms with E-state index in [0.29, 0.717) is 19.0 Å². The number of alkyl halides is 3. The van der Waals surface area contributed by atoms with Gasteiger partial charge < -0.3 is 9.80 Å². The predicted molar refractivity (Wildman–Crippen MR) is 87.4 cm³/mol. The van der Waals surface area contributed by atoms with Crippen molar-refractivity contribution >= 4 is 11.8 Å². The first-order chi connectivity index (χ1) is 12.0. The molecule has 0 spiro atoms. The Morgan fingerprint density at radius 1 is 1.23 bits per heavy atom. The van der Waals surface area contributed by atoms with Crippen molar-refractivity contribution in [2.24, 2.45) is 5.92 Å². The summed E-state index contributed by atoms with van der Waals surface area (Å²) in [6, 6.07) is 1.89. The molecule has 1 saturated heterocycles. The lowest BCUT2D eigenvalue weighted by molar-refractivity contribution is -0.157. The van der Waals surface area contributed by atoms with Gasteiger partial charge in [-0.05, 0) is 37.0 Å². The Morgan fingerprint density at radius 2 is 1.88 bits per heavy atom. The molecular weight excluding hydrogens is 352 g/mol. The van der Waals surface area contributed by atoms with Crippen molar-refractivity contribution < 1.29 is 27.2 Å². The standard InChI is InChI=1S/C18H22F4N2O2/c1-4-23-10-16(25)24(15(17(23)26)7-11(2)3)9-12-5-6-13(14(19)8-12)18(20,21)22/h5-6,8,11,15H,4,7,9-10H2,1-3H3/t15-/m0/s1. The van der Waals surface area contributed by atoms with Crippen LogP contribution in [0.15, 0.2) is 18.2 Å². The third-order valence-corrected chi connectivity index (χ3v) is 4.39. The Bertz CT molecular complexity index is 688. The van der Waals surface area contributed by atoms with E-state index < -0.39 is 23.6 Å². The second-order valence-corrected chi connectivity index (χ2v) is 6.83. The van der Waals surface area contributed by atoms with Crippen LogP contribution in [-0.2, 0) is 22.3 Å². The monoisotopic (exact) mass is 374 g/mol. The van der Waals surface area contributed by atoms with E-state index in [1.54, 1.807) is 6.92 Å². The van der Waals surface area contributed by atoms with Crippen LogP contribution in [0, 0.1) is 11.7 Å². The summed E-state index contributed by atoms with van der Waals surface area (Å²) in [5.74, 6) is -1.73. The highest BCUT2D eigenvalue weighted by atomic mass is 19.4. The number of benzene rings is 1. The van der Waals surface area contributed by atoms with E-state index in [0.717, 1.165) is 12.1 Å².